The average molecular weight is 388 g/mol. The number of aromatic nitrogens is 1. The van der Waals surface area contributed by atoms with Gasteiger partial charge < -0.3 is 10.1 Å². The van der Waals surface area contributed by atoms with Crippen molar-refractivity contribution in [2.24, 2.45) is 4.99 Å². The van der Waals surface area contributed by atoms with Gasteiger partial charge in [-0.1, -0.05) is 18.2 Å². The molecule has 0 aliphatic carbocycles. The SMILES string of the molecule is CCOc1ccc(C(=O)NC(=NCc2ccccn2)Nc2cccc(C)c2)cc1. The van der Waals surface area contributed by atoms with Crippen LogP contribution in [0.15, 0.2) is 77.9 Å². The zero-order valence-corrected chi connectivity index (χ0v) is 16.6. The lowest BCUT2D eigenvalue weighted by molar-refractivity contribution is 0.0977. The largest absolute Gasteiger partial charge is 0.494 e. The summed E-state index contributed by atoms with van der Waals surface area (Å²) >= 11 is 0. The van der Waals surface area contributed by atoms with Crippen LogP contribution in [0, 0.1) is 6.92 Å². The molecule has 0 saturated carbocycles. The molecule has 0 atom stereocenters. The van der Waals surface area contributed by atoms with Gasteiger partial charge in [-0.2, -0.15) is 0 Å². The number of aryl methyl sites for hydroxylation is 1. The number of hydrogen-bond acceptors (Lipinski definition) is 4. The lowest BCUT2D eigenvalue weighted by Crippen LogP contribution is -2.36. The predicted octanol–water partition coefficient (Wildman–Crippen LogP) is 4.19. The topological polar surface area (TPSA) is 75.6 Å². The van der Waals surface area contributed by atoms with Crippen LogP contribution in [-0.2, 0) is 6.54 Å². The minimum Gasteiger partial charge on any atom is -0.494 e. The van der Waals surface area contributed by atoms with E-state index >= 15 is 0 Å². The molecule has 6 nitrogen and oxygen atoms in total. The smallest absolute Gasteiger partial charge is 0.257 e. The molecule has 0 bridgehead atoms. The molecule has 0 saturated heterocycles. The standard InChI is InChI=1S/C23H24N4O2/c1-3-29-21-12-10-18(11-13-21)22(28)27-23(25-16-20-8-4-5-14-24-20)26-19-9-6-7-17(2)15-19/h4-15H,3,16H2,1-2H3,(H2,25,26,27,28). The Bertz CT molecular complexity index is 970. The number of benzene rings is 2. The summed E-state index contributed by atoms with van der Waals surface area (Å²) < 4.78 is 5.42. The lowest BCUT2D eigenvalue weighted by Gasteiger charge is -2.12. The fourth-order valence-electron chi connectivity index (χ4n) is 2.67. The number of amides is 1. The van der Waals surface area contributed by atoms with Crippen LogP contribution in [0.5, 0.6) is 5.75 Å². The molecule has 3 aromatic rings. The van der Waals surface area contributed by atoms with E-state index in [4.69, 9.17) is 4.74 Å². The molecule has 0 fully saturated rings. The zero-order chi connectivity index (χ0) is 20.5. The highest BCUT2D eigenvalue weighted by atomic mass is 16.5. The molecule has 2 N–H and O–H groups in total. The summed E-state index contributed by atoms with van der Waals surface area (Å²) in [5, 5.41) is 6.04. The van der Waals surface area contributed by atoms with Crippen LogP contribution in [-0.4, -0.2) is 23.5 Å². The molecule has 1 amide bonds. The predicted molar refractivity (Wildman–Crippen MR) is 115 cm³/mol. The molecular weight excluding hydrogens is 364 g/mol. The number of carbonyl (C=O) groups is 1. The number of hydrogen-bond donors (Lipinski definition) is 2. The van der Waals surface area contributed by atoms with E-state index in [1.54, 1.807) is 30.5 Å². The van der Waals surface area contributed by atoms with Crippen molar-refractivity contribution in [1.82, 2.24) is 10.3 Å². The minimum absolute atomic E-state index is 0.257. The van der Waals surface area contributed by atoms with E-state index in [0.29, 0.717) is 24.7 Å². The number of aliphatic imine (C=N–C) groups is 1. The van der Waals surface area contributed by atoms with E-state index in [2.05, 4.69) is 20.6 Å². The minimum atomic E-state index is -0.257. The number of pyridine rings is 1. The van der Waals surface area contributed by atoms with Gasteiger partial charge in [-0.15, -0.1) is 0 Å². The number of nitrogens with one attached hydrogen (secondary N) is 2. The molecule has 29 heavy (non-hydrogen) atoms. The molecule has 2 aromatic carbocycles. The van der Waals surface area contributed by atoms with Gasteiger partial charge in [0.25, 0.3) is 5.91 Å². The molecule has 0 aliphatic heterocycles. The molecule has 0 radical (unpaired) electrons. The van der Waals surface area contributed by atoms with Crippen molar-refractivity contribution in [1.29, 1.82) is 0 Å². The number of guanidine groups is 1. The highest BCUT2D eigenvalue weighted by Gasteiger charge is 2.10. The Balaban J connectivity index is 1.77. The first-order valence-corrected chi connectivity index (χ1v) is 9.46. The maximum absolute atomic E-state index is 12.7. The monoisotopic (exact) mass is 388 g/mol. The Morgan fingerprint density at radius 1 is 1.07 bits per heavy atom. The number of carbonyl (C=O) groups excluding carboxylic acids is 1. The molecule has 1 aromatic heterocycles. The molecule has 6 heteroatoms. The van der Waals surface area contributed by atoms with Gasteiger partial charge in [-0.25, -0.2) is 4.99 Å². The first-order valence-electron chi connectivity index (χ1n) is 9.46. The van der Waals surface area contributed by atoms with Gasteiger partial charge in [-0.05, 0) is 67.9 Å². The van der Waals surface area contributed by atoms with Gasteiger partial charge in [0.1, 0.15) is 5.75 Å². The molecule has 0 aliphatic rings. The Morgan fingerprint density at radius 3 is 2.59 bits per heavy atom. The van der Waals surface area contributed by atoms with Gasteiger partial charge in [0.15, 0.2) is 0 Å². The van der Waals surface area contributed by atoms with Gasteiger partial charge in [0.2, 0.25) is 5.96 Å². The summed E-state index contributed by atoms with van der Waals surface area (Å²) in [5.74, 6) is 0.832. The van der Waals surface area contributed by atoms with Crippen molar-refractivity contribution in [2.75, 3.05) is 11.9 Å². The third kappa shape index (κ3) is 6.17. The maximum Gasteiger partial charge on any atom is 0.257 e. The second-order valence-electron chi connectivity index (χ2n) is 6.39. The second-order valence-corrected chi connectivity index (χ2v) is 6.39. The Hall–Kier alpha value is -3.67. The normalized spacial score (nSPS) is 11.0. The van der Waals surface area contributed by atoms with Gasteiger partial charge >= 0.3 is 0 Å². The lowest BCUT2D eigenvalue weighted by atomic mass is 10.2. The van der Waals surface area contributed by atoms with Crippen molar-refractivity contribution < 1.29 is 9.53 Å². The van der Waals surface area contributed by atoms with Gasteiger partial charge in [0.05, 0.1) is 18.8 Å². The maximum atomic E-state index is 12.7. The van der Waals surface area contributed by atoms with E-state index in [0.717, 1.165) is 22.7 Å². The van der Waals surface area contributed by atoms with Crippen molar-refractivity contribution in [2.45, 2.75) is 20.4 Å². The van der Waals surface area contributed by atoms with E-state index in [-0.39, 0.29) is 5.91 Å². The molecular formula is C23H24N4O2. The molecule has 148 valence electrons. The first kappa shape index (κ1) is 20.1. The fourth-order valence-corrected chi connectivity index (χ4v) is 2.67. The average Bonchev–Trinajstić information content (AvgIpc) is 2.73. The Kier molecular flexibility index (Phi) is 6.95. The Morgan fingerprint density at radius 2 is 1.90 bits per heavy atom. The van der Waals surface area contributed by atoms with Crippen LogP contribution in [0.3, 0.4) is 0 Å². The summed E-state index contributed by atoms with van der Waals surface area (Å²) in [6.07, 6.45) is 1.72. The summed E-state index contributed by atoms with van der Waals surface area (Å²) in [5.41, 5.74) is 3.28. The van der Waals surface area contributed by atoms with Crippen molar-refractivity contribution in [3.05, 3.63) is 89.7 Å². The van der Waals surface area contributed by atoms with E-state index in [9.17, 15) is 4.79 Å². The fraction of sp³-hybridized carbons (Fsp3) is 0.174. The van der Waals surface area contributed by atoms with Crippen molar-refractivity contribution >= 4 is 17.6 Å². The summed E-state index contributed by atoms with van der Waals surface area (Å²) in [6, 6.07) is 20.5. The molecule has 1 heterocycles. The van der Waals surface area contributed by atoms with Crippen LogP contribution < -0.4 is 15.4 Å². The van der Waals surface area contributed by atoms with Crippen molar-refractivity contribution in [3.63, 3.8) is 0 Å². The summed E-state index contributed by atoms with van der Waals surface area (Å²) in [6.45, 7) is 4.85. The zero-order valence-electron chi connectivity index (χ0n) is 16.6. The van der Waals surface area contributed by atoms with E-state index in [1.807, 2.05) is 56.3 Å². The van der Waals surface area contributed by atoms with Gasteiger partial charge in [-0.3, -0.25) is 15.1 Å². The first-order chi connectivity index (χ1) is 14.1. The highest BCUT2D eigenvalue weighted by molar-refractivity contribution is 6.10. The summed E-state index contributed by atoms with van der Waals surface area (Å²) in [7, 11) is 0. The van der Waals surface area contributed by atoms with Gasteiger partial charge in [0, 0.05) is 17.4 Å². The number of anilines is 1. The van der Waals surface area contributed by atoms with Crippen LogP contribution in [0.4, 0.5) is 5.69 Å². The van der Waals surface area contributed by atoms with Crippen LogP contribution in [0.1, 0.15) is 28.5 Å². The number of nitrogens with zero attached hydrogens (tertiary/aromatic N) is 2. The highest BCUT2D eigenvalue weighted by Crippen LogP contribution is 2.13. The summed E-state index contributed by atoms with van der Waals surface area (Å²) in [4.78, 5) is 21.5. The van der Waals surface area contributed by atoms with Crippen LogP contribution >= 0.6 is 0 Å². The third-order valence-corrected chi connectivity index (χ3v) is 4.07. The number of ether oxygens (including phenoxy) is 1. The molecule has 3 rings (SSSR count). The Labute approximate surface area is 170 Å². The van der Waals surface area contributed by atoms with Crippen LogP contribution in [0.2, 0.25) is 0 Å². The third-order valence-electron chi connectivity index (χ3n) is 4.07. The molecule has 0 unspecified atom stereocenters. The van der Waals surface area contributed by atoms with Crippen LogP contribution in [0.25, 0.3) is 0 Å². The van der Waals surface area contributed by atoms with E-state index < -0.39 is 0 Å². The quantitative estimate of drug-likeness (QED) is 0.490. The number of rotatable bonds is 6. The van der Waals surface area contributed by atoms with E-state index in [1.165, 1.54) is 0 Å². The molecule has 0 spiro atoms. The van der Waals surface area contributed by atoms with Crippen molar-refractivity contribution in [3.8, 4) is 5.75 Å². The second kappa shape index (κ2) is 10.0.